The molecule has 0 amide bonds. The van der Waals surface area contributed by atoms with E-state index in [1.165, 1.54) is 50.7 Å². The van der Waals surface area contributed by atoms with Crippen molar-refractivity contribution in [1.29, 1.82) is 0 Å². The summed E-state index contributed by atoms with van der Waals surface area (Å²) in [6.07, 6.45) is 11.2. The Hall–Kier alpha value is -1.88. The van der Waals surface area contributed by atoms with E-state index in [1.54, 1.807) is 18.4 Å². The second-order valence-electron chi connectivity index (χ2n) is 7.24. The first-order valence-electron chi connectivity index (χ1n) is 9.79. The topological polar surface area (TPSA) is 38.9 Å². The van der Waals surface area contributed by atoms with Crippen molar-refractivity contribution in [3.63, 3.8) is 0 Å². The summed E-state index contributed by atoms with van der Waals surface area (Å²) >= 11 is 1.72. The van der Waals surface area contributed by atoms with E-state index in [9.17, 15) is 0 Å². The number of aromatic nitrogens is 1. The maximum Gasteiger partial charge on any atom is 0.206 e. The molecule has 1 aromatic carbocycles. The van der Waals surface area contributed by atoms with Gasteiger partial charge in [0.2, 0.25) is 4.80 Å². The van der Waals surface area contributed by atoms with Crippen LogP contribution in [0.15, 0.2) is 39.7 Å². The first-order chi connectivity index (χ1) is 12.8. The van der Waals surface area contributed by atoms with E-state index in [4.69, 9.17) is 14.8 Å². The zero-order valence-electron chi connectivity index (χ0n) is 15.5. The van der Waals surface area contributed by atoms with Crippen LogP contribution in [0.25, 0.3) is 11.3 Å². The number of ether oxygens (including phenoxy) is 1. The summed E-state index contributed by atoms with van der Waals surface area (Å²) in [6.45, 7) is 0. The summed E-state index contributed by atoms with van der Waals surface area (Å²) < 4.78 is 7.40. The lowest BCUT2D eigenvalue weighted by Crippen LogP contribution is -2.19. The number of nitrogens with zero attached hydrogens (tertiary/aromatic N) is 3. The molecule has 5 heteroatoms. The zero-order valence-corrected chi connectivity index (χ0v) is 16.3. The highest BCUT2D eigenvalue weighted by molar-refractivity contribution is 7.07. The summed E-state index contributed by atoms with van der Waals surface area (Å²) in [5, 5.41) is 7.22. The molecular weight excluding hydrogens is 342 g/mol. The molecule has 2 aliphatic carbocycles. The van der Waals surface area contributed by atoms with Gasteiger partial charge in [-0.1, -0.05) is 19.3 Å². The van der Waals surface area contributed by atoms with Gasteiger partial charge in [-0.15, -0.1) is 11.3 Å². The van der Waals surface area contributed by atoms with Gasteiger partial charge in [0.1, 0.15) is 5.75 Å². The van der Waals surface area contributed by atoms with Gasteiger partial charge in [0, 0.05) is 16.7 Å². The van der Waals surface area contributed by atoms with Gasteiger partial charge in [-0.05, 0) is 62.8 Å². The van der Waals surface area contributed by atoms with Gasteiger partial charge in [0.05, 0.1) is 18.8 Å². The Morgan fingerprint density at radius 1 is 1.00 bits per heavy atom. The lowest BCUT2D eigenvalue weighted by molar-refractivity contribution is 0.415. The molecule has 0 radical (unpaired) electrons. The van der Waals surface area contributed by atoms with Gasteiger partial charge in [0.15, 0.2) is 0 Å². The van der Waals surface area contributed by atoms with Crippen LogP contribution in [0.3, 0.4) is 0 Å². The molecule has 26 heavy (non-hydrogen) atoms. The minimum Gasteiger partial charge on any atom is -0.497 e. The van der Waals surface area contributed by atoms with Crippen LogP contribution in [0.2, 0.25) is 0 Å². The first-order valence-corrected chi connectivity index (χ1v) is 10.7. The number of methoxy groups -OCH3 is 1. The third-order valence-electron chi connectivity index (χ3n) is 5.36. The Morgan fingerprint density at radius 2 is 1.73 bits per heavy atom. The summed E-state index contributed by atoms with van der Waals surface area (Å²) in [6, 6.07) is 8.70. The molecule has 0 atom stereocenters. The van der Waals surface area contributed by atoms with Crippen LogP contribution < -0.4 is 9.54 Å². The molecule has 2 aromatic rings. The fourth-order valence-electron chi connectivity index (χ4n) is 3.84. The SMILES string of the molecule is COc1ccc(-c2csc(=NC3CCCCC3)n2N=C2CCCC2)cc1. The Balaban J connectivity index is 1.75. The quantitative estimate of drug-likeness (QED) is 0.726. The summed E-state index contributed by atoms with van der Waals surface area (Å²) in [4.78, 5) is 6.13. The van der Waals surface area contributed by atoms with Crippen LogP contribution in [0.1, 0.15) is 57.8 Å². The number of benzene rings is 1. The lowest BCUT2D eigenvalue weighted by atomic mass is 9.96. The molecular formula is C21H27N3OS. The van der Waals surface area contributed by atoms with Gasteiger partial charge in [-0.25, -0.2) is 4.68 Å². The highest BCUT2D eigenvalue weighted by atomic mass is 32.1. The fraction of sp³-hybridized carbons (Fsp3) is 0.524. The maximum absolute atomic E-state index is 5.30. The molecule has 2 saturated carbocycles. The molecule has 1 heterocycles. The highest BCUT2D eigenvalue weighted by Gasteiger charge is 2.15. The minimum atomic E-state index is 0.459. The fourth-order valence-corrected chi connectivity index (χ4v) is 4.74. The average molecular weight is 370 g/mol. The standard InChI is InChI=1S/C21H27N3OS/c1-25-19-13-11-16(12-14-19)20-15-26-21(22-17-7-3-2-4-8-17)24(20)23-18-9-5-6-10-18/h11-15,17H,2-10H2,1H3. The van der Waals surface area contributed by atoms with Crippen molar-refractivity contribution < 1.29 is 4.74 Å². The van der Waals surface area contributed by atoms with Crippen LogP contribution >= 0.6 is 11.3 Å². The Bertz CT molecular complexity index is 818. The van der Waals surface area contributed by atoms with E-state index in [0.717, 1.165) is 34.6 Å². The van der Waals surface area contributed by atoms with Crippen molar-refractivity contribution in [1.82, 2.24) is 4.68 Å². The third kappa shape index (κ3) is 3.93. The molecule has 0 N–H and O–H groups in total. The van der Waals surface area contributed by atoms with Crippen molar-refractivity contribution in [2.45, 2.75) is 63.8 Å². The predicted molar refractivity (Wildman–Crippen MR) is 108 cm³/mol. The van der Waals surface area contributed by atoms with Crippen molar-refractivity contribution >= 4 is 17.0 Å². The van der Waals surface area contributed by atoms with Crippen molar-refractivity contribution in [3.8, 4) is 17.0 Å². The molecule has 4 nitrogen and oxygen atoms in total. The Morgan fingerprint density at radius 3 is 2.42 bits per heavy atom. The normalized spacial score (nSPS) is 19.1. The first kappa shape index (κ1) is 17.5. The summed E-state index contributed by atoms with van der Waals surface area (Å²) in [5.74, 6) is 0.879. The second-order valence-corrected chi connectivity index (χ2v) is 8.07. The van der Waals surface area contributed by atoms with E-state index in [2.05, 4.69) is 22.2 Å². The van der Waals surface area contributed by atoms with E-state index >= 15 is 0 Å². The van der Waals surface area contributed by atoms with Gasteiger partial charge >= 0.3 is 0 Å². The molecule has 4 rings (SSSR count). The van der Waals surface area contributed by atoms with Gasteiger partial charge in [-0.2, -0.15) is 5.10 Å². The molecule has 0 saturated heterocycles. The minimum absolute atomic E-state index is 0.459. The number of rotatable bonds is 4. The molecule has 0 aliphatic heterocycles. The van der Waals surface area contributed by atoms with Gasteiger partial charge in [-0.3, -0.25) is 4.99 Å². The molecule has 0 spiro atoms. The number of hydrogen-bond acceptors (Lipinski definition) is 4. The van der Waals surface area contributed by atoms with Crippen LogP contribution in [-0.2, 0) is 0 Å². The van der Waals surface area contributed by atoms with E-state index < -0.39 is 0 Å². The molecule has 1 aromatic heterocycles. The van der Waals surface area contributed by atoms with E-state index in [0.29, 0.717) is 6.04 Å². The van der Waals surface area contributed by atoms with Gasteiger partial charge in [0.25, 0.3) is 0 Å². The third-order valence-corrected chi connectivity index (χ3v) is 6.19. The smallest absolute Gasteiger partial charge is 0.206 e. The largest absolute Gasteiger partial charge is 0.497 e. The van der Waals surface area contributed by atoms with Crippen molar-refractivity contribution in [3.05, 3.63) is 34.4 Å². The zero-order chi connectivity index (χ0) is 17.8. The summed E-state index contributed by atoms with van der Waals surface area (Å²) in [5.41, 5.74) is 3.60. The predicted octanol–water partition coefficient (Wildman–Crippen LogP) is 5.24. The Labute approximate surface area is 159 Å². The van der Waals surface area contributed by atoms with Crippen LogP contribution in [0, 0.1) is 0 Å². The molecule has 138 valence electrons. The molecule has 0 unspecified atom stereocenters. The van der Waals surface area contributed by atoms with Crippen LogP contribution in [-0.4, -0.2) is 23.5 Å². The highest BCUT2D eigenvalue weighted by Crippen LogP contribution is 2.25. The molecule has 2 aliphatic rings. The second kappa shape index (κ2) is 8.21. The van der Waals surface area contributed by atoms with E-state index in [1.807, 2.05) is 12.1 Å². The van der Waals surface area contributed by atoms with Crippen molar-refractivity contribution in [2.24, 2.45) is 10.1 Å². The van der Waals surface area contributed by atoms with Crippen molar-refractivity contribution in [2.75, 3.05) is 7.11 Å². The summed E-state index contributed by atoms with van der Waals surface area (Å²) in [7, 11) is 1.70. The average Bonchev–Trinajstić information content (AvgIpc) is 3.34. The Kier molecular flexibility index (Phi) is 5.54. The number of hydrogen-bond donors (Lipinski definition) is 0. The molecule has 2 fully saturated rings. The van der Waals surface area contributed by atoms with Crippen LogP contribution in [0.5, 0.6) is 5.75 Å². The van der Waals surface area contributed by atoms with E-state index in [-0.39, 0.29) is 0 Å². The lowest BCUT2D eigenvalue weighted by Gasteiger charge is -2.17. The molecule has 0 bridgehead atoms. The number of thiazole rings is 1. The monoisotopic (exact) mass is 369 g/mol. The van der Waals surface area contributed by atoms with Gasteiger partial charge < -0.3 is 4.74 Å². The van der Waals surface area contributed by atoms with Crippen LogP contribution in [0.4, 0.5) is 0 Å². The maximum atomic E-state index is 5.30.